The molecule has 1 saturated heterocycles. The molecular formula is C28H28N4O3S. The monoisotopic (exact) mass is 500 g/mol. The van der Waals surface area contributed by atoms with Crippen LogP contribution in [0.2, 0.25) is 0 Å². The van der Waals surface area contributed by atoms with Crippen LogP contribution in [-0.4, -0.2) is 28.9 Å². The highest BCUT2D eigenvalue weighted by Crippen LogP contribution is 2.35. The minimum atomic E-state index is -0.383. The fourth-order valence-corrected chi connectivity index (χ4v) is 5.71. The summed E-state index contributed by atoms with van der Waals surface area (Å²) in [5, 5.41) is 12.6. The third-order valence-electron chi connectivity index (χ3n) is 6.85. The first-order chi connectivity index (χ1) is 17.4. The van der Waals surface area contributed by atoms with E-state index in [1.54, 1.807) is 17.0 Å². The summed E-state index contributed by atoms with van der Waals surface area (Å²) in [5.41, 5.74) is 4.90. The Kier molecular flexibility index (Phi) is 6.69. The zero-order valence-corrected chi connectivity index (χ0v) is 21.3. The van der Waals surface area contributed by atoms with Gasteiger partial charge in [-0.3, -0.25) is 19.8 Å². The molecule has 0 unspecified atom stereocenters. The van der Waals surface area contributed by atoms with Crippen molar-refractivity contribution in [1.82, 2.24) is 4.98 Å². The van der Waals surface area contributed by atoms with E-state index in [1.165, 1.54) is 17.4 Å². The number of hydrogen-bond donors (Lipinski definition) is 0. The first kappa shape index (κ1) is 23.9. The highest BCUT2D eigenvalue weighted by atomic mass is 32.1. The van der Waals surface area contributed by atoms with E-state index in [9.17, 15) is 14.9 Å². The van der Waals surface area contributed by atoms with E-state index < -0.39 is 0 Å². The molecule has 1 amide bonds. The number of rotatable bonds is 6. The van der Waals surface area contributed by atoms with Gasteiger partial charge in [0.2, 0.25) is 0 Å². The normalized spacial score (nSPS) is 13.7. The van der Waals surface area contributed by atoms with E-state index in [1.807, 2.05) is 50.2 Å². The summed E-state index contributed by atoms with van der Waals surface area (Å²) in [4.78, 5) is 34.0. The number of amides is 1. The van der Waals surface area contributed by atoms with Gasteiger partial charge >= 0.3 is 0 Å². The molecule has 0 saturated carbocycles. The van der Waals surface area contributed by atoms with Gasteiger partial charge in [0.25, 0.3) is 11.6 Å². The lowest BCUT2D eigenvalue weighted by Crippen LogP contribution is -2.31. The smallest absolute Gasteiger partial charge is 0.293 e. The molecule has 0 spiro atoms. The quantitative estimate of drug-likeness (QED) is 0.218. The molecule has 36 heavy (non-hydrogen) atoms. The van der Waals surface area contributed by atoms with Crippen LogP contribution in [0.1, 0.15) is 46.3 Å². The second-order valence-electron chi connectivity index (χ2n) is 9.24. The second kappa shape index (κ2) is 10.1. The SMILES string of the molecule is Cc1ccc2sc(N(Cc3ccccc3)C(=O)c3ccc(N4CCCCC4)c([N+](=O)[O-])c3)nc2c1C. The van der Waals surface area contributed by atoms with Gasteiger partial charge in [-0.2, -0.15) is 0 Å². The largest absolute Gasteiger partial charge is 0.366 e. The molecule has 8 heteroatoms. The molecule has 4 aromatic rings. The third kappa shape index (κ3) is 4.68. The maximum atomic E-state index is 13.9. The van der Waals surface area contributed by atoms with E-state index in [0.29, 0.717) is 17.4 Å². The van der Waals surface area contributed by atoms with Crippen LogP contribution < -0.4 is 9.80 Å². The Morgan fingerprint density at radius 1 is 1.06 bits per heavy atom. The number of carbonyl (C=O) groups excluding carboxylic acids is 1. The van der Waals surface area contributed by atoms with E-state index in [-0.39, 0.29) is 22.1 Å². The number of benzene rings is 3. The standard InChI is InChI=1S/C28H28N4O3S/c1-19-11-14-25-26(20(19)2)29-28(36-25)31(18-21-9-5-3-6-10-21)27(33)22-12-13-23(24(17-22)32(34)35)30-15-7-4-8-16-30/h3,5-6,9-14,17H,4,7-8,15-16,18H2,1-2H3. The number of anilines is 2. The number of nitrogens with zero attached hydrogens (tertiary/aromatic N) is 4. The average molecular weight is 501 g/mol. The van der Waals surface area contributed by atoms with Crippen molar-refractivity contribution < 1.29 is 9.72 Å². The highest BCUT2D eigenvalue weighted by molar-refractivity contribution is 7.22. The van der Waals surface area contributed by atoms with Gasteiger partial charge in [0.05, 0.1) is 21.7 Å². The minimum absolute atomic E-state index is 0.0295. The first-order valence-corrected chi connectivity index (χ1v) is 13.0. The predicted molar refractivity (Wildman–Crippen MR) is 145 cm³/mol. The lowest BCUT2D eigenvalue weighted by Gasteiger charge is -2.28. The summed E-state index contributed by atoms with van der Waals surface area (Å²) in [6.07, 6.45) is 3.16. The van der Waals surface area contributed by atoms with Crippen LogP contribution in [0.15, 0.2) is 60.7 Å². The van der Waals surface area contributed by atoms with Crippen molar-refractivity contribution >= 4 is 44.0 Å². The second-order valence-corrected chi connectivity index (χ2v) is 10.2. The lowest BCUT2D eigenvalue weighted by molar-refractivity contribution is -0.384. The summed E-state index contributed by atoms with van der Waals surface area (Å²) in [5.74, 6) is -0.305. The molecule has 0 N–H and O–H groups in total. The van der Waals surface area contributed by atoms with Crippen LogP contribution in [0.5, 0.6) is 0 Å². The maximum absolute atomic E-state index is 13.9. The zero-order valence-electron chi connectivity index (χ0n) is 20.4. The molecule has 3 aromatic carbocycles. The van der Waals surface area contributed by atoms with Crippen molar-refractivity contribution in [3.8, 4) is 0 Å². The number of fused-ring (bicyclic) bond motifs is 1. The van der Waals surface area contributed by atoms with E-state index in [2.05, 4.69) is 11.0 Å². The van der Waals surface area contributed by atoms with E-state index in [0.717, 1.165) is 59.3 Å². The molecular weight excluding hydrogens is 472 g/mol. The van der Waals surface area contributed by atoms with Crippen molar-refractivity contribution in [2.24, 2.45) is 0 Å². The lowest BCUT2D eigenvalue weighted by atomic mass is 10.1. The molecule has 0 radical (unpaired) electrons. The Morgan fingerprint density at radius 2 is 1.81 bits per heavy atom. The summed E-state index contributed by atoms with van der Waals surface area (Å²) in [7, 11) is 0. The average Bonchev–Trinajstić information content (AvgIpc) is 3.34. The van der Waals surface area contributed by atoms with Crippen LogP contribution in [0, 0.1) is 24.0 Å². The third-order valence-corrected chi connectivity index (χ3v) is 7.89. The zero-order chi connectivity index (χ0) is 25.2. The van der Waals surface area contributed by atoms with Gasteiger partial charge in [-0.1, -0.05) is 47.7 Å². The Morgan fingerprint density at radius 3 is 2.53 bits per heavy atom. The van der Waals surface area contributed by atoms with Crippen LogP contribution in [0.4, 0.5) is 16.5 Å². The molecule has 7 nitrogen and oxygen atoms in total. The van der Waals surface area contributed by atoms with Gasteiger partial charge in [0.1, 0.15) is 5.69 Å². The number of thiazole rings is 1. The Labute approximate surface area is 214 Å². The molecule has 1 fully saturated rings. The Bertz CT molecular complexity index is 1430. The maximum Gasteiger partial charge on any atom is 0.293 e. The summed E-state index contributed by atoms with van der Waals surface area (Å²) < 4.78 is 1.00. The summed E-state index contributed by atoms with van der Waals surface area (Å²) in [6, 6.07) is 18.7. The number of carbonyl (C=O) groups is 1. The number of nitro groups is 1. The van der Waals surface area contributed by atoms with Gasteiger partial charge in [0.15, 0.2) is 5.13 Å². The molecule has 1 aliphatic heterocycles. The molecule has 0 aliphatic carbocycles. The fraction of sp³-hybridized carbons (Fsp3) is 0.286. The predicted octanol–water partition coefficient (Wildman–Crippen LogP) is 6.66. The molecule has 1 aromatic heterocycles. The topological polar surface area (TPSA) is 79.6 Å². The van der Waals surface area contributed by atoms with Crippen LogP contribution >= 0.6 is 11.3 Å². The van der Waals surface area contributed by atoms with E-state index >= 15 is 0 Å². The van der Waals surface area contributed by atoms with Crippen LogP contribution in [0.3, 0.4) is 0 Å². The van der Waals surface area contributed by atoms with Gasteiger partial charge in [-0.15, -0.1) is 0 Å². The van der Waals surface area contributed by atoms with Gasteiger partial charge < -0.3 is 4.90 Å². The fourth-order valence-electron chi connectivity index (χ4n) is 4.68. The number of nitro benzene ring substituents is 1. The van der Waals surface area contributed by atoms with Crippen molar-refractivity contribution in [1.29, 1.82) is 0 Å². The molecule has 0 bridgehead atoms. The number of aromatic nitrogens is 1. The Balaban J connectivity index is 1.56. The van der Waals surface area contributed by atoms with Crippen molar-refractivity contribution in [2.45, 2.75) is 39.7 Å². The van der Waals surface area contributed by atoms with Gasteiger partial charge in [-0.25, -0.2) is 4.98 Å². The molecule has 1 aliphatic rings. The Hall–Kier alpha value is -3.78. The van der Waals surface area contributed by atoms with Crippen molar-refractivity contribution in [2.75, 3.05) is 22.9 Å². The number of piperidine rings is 1. The minimum Gasteiger partial charge on any atom is -0.366 e. The number of hydrogen-bond acceptors (Lipinski definition) is 6. The molecule has 184 valence electrons. The van der Waals surface area contributed by atoms with Gasteiger partial charge in [-0.05, 0) is 68.0 Å². The van der Waals surface area contributed by atoms with Crippen LogP contribution in [-0.2, 0) is 6.54 Å². The molecule has 0 atom stereocenters. The van der Waals surface area contributed by atoms with Crippen molar-refractivity contribution in [3.63, 3.8) is 0 Å². The summed E-state index contributed by atoms with van der Waals surface area (Å²) in [6.45, 7) is 5.98. The van der Waals surface area contributed by atoms with Crippen LogP contribution in [0.25, 0.3) is 10.2 Å². The molecule has 2 heterocycles. The summed E-state index contributed by atoms with van der Waals surface area (Å²) >= 11 is 1.46. The first-order valence-electron chi connectivity index (χ1n) is 12.2. The van der Waals surface area contributed by atoms with Crippen molar-refractivity contribution in [3.05, 3.63) is 93.0 Å². The van der Waals surface area contributed by atoms with E-state index in [4.69, 9.17) is 4.98 Å². The highest BCUT2D eigenvalue weighted by Gasteiger charge is 2.27. The number of aryl methyl sites for hydroxylation is 2. The van der Waals surface area contributed by atoms with Gasteiger partial charge in [0, 0.05) is 24.7 Å². The molecule has 5 rings (SSSR count).